The van der Waals surface area contributed by atoms with E-state index in [2.05, 4.69) is 70.9 Å². The number of hydrogen-bond donors (Lipinski definition) is 2. The van der Waals surface area contributed by atoms with Gasteiger partial charge in [-0.15, -0.1) is 5.10 Å². The Balaban J connectivity index is 1.37. The summed E-state index contributed by atoms with van der Waals surface area (Å²) in [6.45, 7) is 2.72. The lowest BCUT2D eigenvalue weighted by molar-refractivity contribution is 0.306. The summed E-state index contributed by atoms with van der Waals surface area (Å²) in [4.78, 5) is 4.41. The van der Waals surface area contributed by atoms with Crippen molar-refractivity contribution < 1.29 is 4.74 Å². The van der Waals surface area contributed by atoms with Crippen LogP contribution in [0.1, 0.15) is 47.7 Å². The molecule has 0 fully saturated rings. The van der Waals surface area contributed by atoms with E-state index in [1.807, 2.05) is 35.0 Å². The highest BCUT2D eigenvalue weighted by Gasteiger charge is 2.30. The highest BCUT2D eigenvalue weighted by Crippen LogP contribution is 2.38. The Morgan fingerprint density at radius 2 is 1.66 bits per heavy atom. The fourth-order valence-electron chi connectivity index (χ4n) is 4.20. The van der Waals surface area contributed by atoms with Gasteiger partial charge in [0.1, 0.15) is 12.4 Å². The van der Waals surface area contributed by atoms with Crippen LogP contribution in [0.2, 0.25) is 0 Å². The Morgan fingerprint density at radius 1 is 0.938 bits per heavy atom. The number of nitrogens with zero attached hydrogens (tertiary/aromatic N) is 3. The number of nitrogens with two attached hydrogens (primary N) is 1. The summed E-state index contributed by atoms with van der Waals surface area (Å²) in [5.74, 6) is 1.83. The van der Waals surface area contributed by atoms with E-state index in [9.17, 15) is 0 Å². The van der Waals surface area contributed by atoms with Gasteiger partial charge in [0.2, 0.25) is 11.9 Å². The molecule has 1 aliphatic rings. The first-order valence-corrected chi connectivity index (χ1v) is 11.0. The topological polar surface area (TPSA) is 78.0 Å². The molecule has 3 N–H and O–H groups in total. The van der Waals surface area contributed by atoms with Crippen molar-refractivity contribution in [3.05, 3.63) is 101 Å². The van der Waals surface area contributed by atoms with Gasteiger partial charge < -0.3 is 15.8 Å². The van der Waals surface area contributed by atoms with Crippen LogP contribution < -0.4 is 15.8 Å². The first kappa shape index (κ1) is 20.1. The average molecular weight is 426 g/mol. The second kappa shape index (κ2) is 8.75. The van der Waals surface area contributed by atoms with Crippen LogP contribution in [0.4, 0.5) is 11.9 Å². The maximum atomic E-state index is 5.95. The minimum atomic E-state index is 0.0371. The van der Waals surface area contributed by atoms with E-state index in [1.54, 1.807) is 0 Å². The Bertz CT molecular complexity index is 1170. The number of aryl methyl sites for hydroxylation is 1. The molecule has 3 aromatic carbocycles. The van der Waals surface area contributed by atoms with E-state index in [0.717, 1.165) is 29.7 Å². The zero-order valence-corrected chi connectivity index (χ0v) is 18.1. The molecule has 0 amide bonds. The van der Waals surface area contributed by atoms with E-state index in [-0.39, 0.29) is 18.0 Å². The van der Waals surface area contributed by atoms with Crippen molar-refractivity contribution in [3.8, 4) is 5.75 Å². The minimum absolute atomic E-state index is 0.0371. The lowest BCUT2D eigenvalue weighted by Crippen LogP contribution is -2.28. The van der Waals surface area contributed by atoms with E-state index >= 15 is 0 Å². The van der Waals surface area contributed by atoms with Crippen molar-refractivity contribution in [3.63, 3.8) is 0 Å². The summed E-state index contributed by atoms with van der Waals surface area (Å²) in [5, 5.41) is 7.96. The number of hydrogen-bond acceptors (Lipinski definition) is 5. The van der Waals surface area contributed by atoms with Crippen LogP contribution in [0, 0.1) is 0 Å². The SMILES string of the molecule is CCc1ccc(C2CC(c3ccc(OCc4ccccc4)cc3)n3nc(N)nc3N2)cc1. The van der Waals surface area contributed by atoms with Gasteiger partial charge in [-0.05, 0) is 47.2 Å². The number of anilines is 2. The van der Waals surface area contributed by atoms with Crippen LogP contribution in [-0.4, -0.2) is 14.8 Å². The number of aromatic nitrogens is 3. The lowest BCUT2D eigenvalue weighted by atomic mass is 9.93. The molecule has 5 rings (SSSR count). The molecule has 1 aromatic heterocycles. The molecular formula is C26H27N5O. The summed E-state index contributed by atoms with van der Waals surface area (Å²) in [7, 11) is 0. The average Bonchev–Trinajstić information content (AvgIpc) is 3.23. The standard InChI is InChI=1S/C26H27N5O/c1-2-18-8-10-20(11-9-18)23-16-24(31-26(28-23)29-25(27)30-31)21-12-14-22(15-13-21)32-17-19-6-4-3-5-7-19/h3-15,23-24H,2,16-17H2,1H3,(H3,27,28,29,30). The van der Waals surface area contributed by atoms with Gasteiger partial charge in [-0.1, -0.05) is 73.7 Å². The second-order valence-corrected chi connectivity index (χ2v) is 8.13. The maximum Gasteiger partial charge on any atom is 0.241 e. The third kappa shape index (κ3) is 4.17. The predicted octanol–water partition coefficient (Wildman–Crippen LogP) is 5.15. The smallest absolute Gasteiger partial charge is 0.241 e. The molecule has 0 radical (unpaired) electrons. The van der Waals surface area contributed by atoms with Gasteiger partial charge in [0.25, 0.3) is 0 Å². The molecule has 6 nitrogen and oxygen atoms in total. The first-order chi connectivity index (χ1) is 15.7. The van der Waals surface area contributed by atoms with E-state index < -0.39 is 0 Å². The van der Waals surface area contributed by atoms with Crippen molar-refractivity contribution in [1.82, 2.24) is 14.8 Å². The molecule has 0 saturated heterocycles. The van der Waals surface area contributed by atoms with Gasteiger partial charge in [0.15, 0.2) is 0 Å². The summed E-state index contributed by atoms with van der Waals surface area (Å²) in [6, 6.07) is 27.4. The quantitative estimate of drug-likeness (QED) is 0.447. The monoisotopic (exact) mass is 425 g/mol. The Labute approximate surface area is 188 Å². The van der Waals surface area contributed by atoms with Crippen LogP contribution >= 0.6 is 0 Å². The Kier molecular flexibility index (Phi) is 5.50. The normalized spacial score (nSPS) is 17.4. The highest BCUT2D eigenvalue weighted by molar-refractivity contribution is 5.42. The van der Waals surface area contributed by atoms with Crippen LogP contribution in [0.5, 0.6) is 5.75 Å². The van der Waals surface area contributed by atoms with Gasteiger partial charge in [-0.25, -0.2) is 4.68 Å². The van der Waals surface area contributed by atoms with Crippen molar-refractivity contribution in [2.75, 3.05) is 11.1 Å². The predicted molar refractivity (Wildman–Crippen MR) is 127 cm³/mol. The third-order valence-corrected chi connectivity index (χ3v) is 6.01. The fourth-order valence-corrected chi connectivity index (χ4v) is 4.20. The molecule has 1 aliphatic heterocycles. The zero-order chi connectivity index (χ0) is 21.9. The molecule has 0 spiro atoms. The minimum Gasteiger partial charge on any atom is -0.489 e. The third-order valence-electron chi connectivity index (χ3n) is 6.01. The van der Waals surface area contributed by atoms with Crippen molar-refractivity contribution in [2.24, 2.45) is 0 Å². The van der Waals surface area contributed by atoms with Crippen LogP contribution in [-0.2, 0) is 13.0 Å². The molecule has 0 saturated carbocycles. The number of fused-ring (bicyclic) bond motifs is 1. The molecule has 0 bridgehead atoms. The molecule has 6 heteroatoms. The summed E-state index contributed by atoms with van der Waals surface area (Å²) in [6.07, 6.45) is 1.88. The molecule has 2 heterocycles. The van der Waals surface area contributed by atoms with Gasteiger partial charge in [0.05, 0.1) is 12.1 Å². The van der Waals surface area contributed by atoms with Crippen LogP contribution in [0.3, 0.4) is 0 Å². The van der Waals surface area contributed by atoms with Crippen LogP contribution in [0.25, 0.3) is 0 Å². The second-order valence-electron chi connectivity index (χ2n) is 8.13. The van der Waals surface area contributed by atoms with Crippen molar-refractivity contribution >= 4 is 11.9 Å². The lowest BCUT2D eigenvalue weighted by Gasteiger charge is -2.31. The van der Waals surface area contributed by atoms with Gasteiger partial charge in [0, 0.05) is 0 Å². The van der Waals surface area contributed by atoms with Gasteiger partial charge in [-0.3, -0.25) is 0 Å². The van der Waals surface area contributed by atoms with E-state index in [0.29, 0.717) is 12.6 Å². The molecule has 162 valence electrons. The summed E-state index contributed by atoms with van der Waals surface area (Å²) in [5.41, 5.74) is 10.8. The van der Waals surface area contributed by atoms with Crippen LogP contribution in [0.15, 0.2) is 78.9 Å². The van der Waals surface area contributed by atoms with Gasteiger partial charge in [-0.2, -0.15) is 4.98 Å². The van der Waals surface area contributed by atoms with E-state index in [1.165, 1.54) is 11.1 Å². The van der Waals surface area contributed by atoms with Crippen molar-refractivity contribution in [1.29, 1.82) is 0 Å². The largest absolute Gasteiger partial charge is 0.489 e. The first-order valence-electron chi connectivity index (χ1n) is 11.0. The number of ether oxygens (including phenoxy) is 1. The highest BCUT2D eigenvalue weighted by atomic mass is 16.5. The summed E-state index contributed by atoms with van der Waals surface area (Å²) < 4.78 is 7.85. The zero-order valence-electron chi connectivity index (χ0n) is 18.1. The Morgan fingerprint density at radius 3 is 2.38 bits per heavy atom. The molecule has 32 heavy (non-hydrogen) atoms. The van der Waals surface area contributed by atoms with Gasteiger partial charge >= 0.3 is 0 Å². The molecular weight excluding hydrogens is 398 g/mol. The Hall–Kier alpha value is -3.80. The number of nitrogens with one attached hydrogen (secondary N) is 1. The molecule has 2 atom stereocenters. The summed E-state index contributed by atoms with van der Waals surface area (Å²) >= 11 is 0. The fraction of sp³-hybridized carbons (Fsp3) is 0.231. The molecule has 2 unspecified atom stereocenters. The molecule has 4 aromatic rings. The number of benzene rings is 3. The molecule has 0 aliphatic carbocycles. The van der Waals surface area contributed by atoms with Crippen molar-refractivity contribution in [2.45, 2.75) is 38.5 Å². The van der Waals surface area contributed by atoms with E-state index in [4.69, 9.17) is 10.5 Å². The number of rotatable bonds is 6. The maximum absolute atomic E-state index is 5.95. The number of nitrogen functional groups attached to an aromatic ring is 1.